The van der Waals surface area contributed by atoms with Gasteiger partial charge in [0, 0.05) is 0 Å². The smallest absolute Gasteiger partial charge is 0.0257 e. The van der Waals surface area contributed by atoms with Crippen molar-refractivity contribution in [1.29, 1.82) is 0 Å². The van der Waals surface area contributed by atoms with Gasteiger partial charge < -0.3 is 0 Å². The van der Waals surface area contributed by atoms with Gasteiger partial charge in [0.05, 0.1) is 0 Å². The summed E-state index contributed by atoms with van der Waals surface area (Å²) in [5, 5.41) is 0. The highest BCUT2D eigenvalue weighted by atomic mass is 13.9. The number of unbranched alkanes of at least 4 members (excludes halogenated alkanes) is 1. The van der Waals surface area contributed by atoms with E-state index in [1.807, 2.05) is 6.07 Å². The molecule has 0 unspecified atom stereocenters. The molecule has 0 saturated carbocycles. The quantitative estimate of drug-likeness (QED) is 0.609. The molecule has 1 rings (SSSR count). The van der Waals surface area contributed by atoms with Crippen molar-refractivity contribution < 1.29 is 0 Å². The molecule has 1 aromatic rings. The molecule has 0 bridgehead atoms. The molecule has 0 heterocycles. The maximum Gasteiger partial charge on any atom is -0.0257 e. The number of hydrogen-bond acceptors (Lipinski definition) is 0. The van der Waals surface area contributed by atoms with E-state index >= 15 is 0 Å². The van der Waals surface area contributed by atoms with Gasteiger partial charge in [0.25, 0.3) is 0 Å². The van der Waals surface area contributed by atoms with Crippen molar-refractivity contribution in [3.05, 3.63) is 53.6 Å². The summed E-state index contributed by atoms with van der Waals surface area (Å²) >= 11 is 0. The Balaban J connectivity index is 2.56. The highest BCUT2D eigenvalue weighted by Gasteiger charge is 1.84. The lowest BCUT2D eigenvalue weighted by atomic mass is 10.1. The molecule has 0 aliphatic rings. The number of benzene rings is 1. The van der Waals surface area contributed by atoms with Gasteiger partial charge in [-0.3, -0.25) is 0 Å². The Morgan fingerprint density at radius 3 is 2.57 bits per heavy atom. The topological polar surface area (TPSA) is 0 Å². The predicted octanol–water partition coefficient (Wildman–Crippen LogP) is 4.45. The number of rotatable bonds is 4. The van der Waals surface area contributed by atoms with Crippen molar-refractivity contribution in [1.82, 2.24) is 0 Å². The summed E-state index contributed by atoms with van der Waals surface area (Å²) in [6, 6.07) is 10.4. The Bertz CT molecular complexity index is 304. The maximum absolute atomic E-state index is 2.28. The lowest BCUT2D eigenvalue weighted by molar-refractivity contribution is 0.952. The van der Waals surface area contributed by atoms with Crippen molar-refractivity contribution in [2.75, 3.05) is 0 Å². The number of allylic oxidation sites excluding steroid dienone is 3. The Hall–Kier alpha value is -1.30. The minimum atomic E-state index is 1.17. The maximum atomic E-state index is 2.28. The van der Waals surface area contributed by atoms with Crippen LogP contribution in [0, 0.1) is 0 Å². The van der Waals surface area contributed by atoms with Crippen LogP contribution in [0.2, 0.25) is 0 Å². The van der Waals surface area contributed by atoms with E-state index in [2.05, 4.69) is 56.3 Å². The standard InChI is InChI=1S/C14H18/c1-3-4-8-13(2)11-12-14-9-6-5-7-10-14/h5-12H,3-4H2,1-2H3/b12-11+,13-8+. The average Bonchev–Trinajstić information content (AvgIpc) is 2.25. The van der Waals surface area contributed by atoms with Crippen LogP contribution in [0.1, 0.15) is 32.3 Å². The first-order chi connectivity index (χ1) is 6.83. The van der Waals surface area contributed by atoms with Crippen LogP contribution in [-0.2, 0) is 0 Å². The van der Waals surface area contributed by atoms with Crippen LogP contribution in [0.25, 0.3) is 6.08 Å². The fraction of sp³-hybridized carbons (Fsp3) is 0.286. The van der Waals surface area contributed by atoms with Crippen molar-refractivity contribution in [3.8, 4) is 0 Å². The first-order valence-electron chi connectivity index (χ1n) is 5.23. The van der Waals surface area contributed by atoms with Gasteiger partial charge in [0.2, 0.25) is 0 Å². The largest absolute Gasteiger partial charge is 0.0816 e. The first-order valence-corrected chi connectivity index (χ1v) is 5.23. The average molecular weight is 186 g/mol. The van der Waals surface area contributed by atoms with Gasteiger partial charge in [-0.25, -0.2) is 0 Å². The van der Waals surface area contributed by atoms with Crippen LogP contribution in [0.3, 0.4) is 0 Å². The third-order valence-electron chi connectivity index (χ3n) is 2.09. The zero-order valence-corrected chi connectivity index (χ0v) is 9.03. The molecule has 0 radical (unpaired) electrons. The van der Waals surface area contributed by atoms with E-state index in [0.29, 0.717) is 0 Å². The molecule has 0 aliphatic carbocycles. The van der Waals surface area contributed by atoms with Crippen LogP contribution in [0.5, 0.6) is 0 Å². The molecule has 0 heteroatoms. The molecule has 0 saturated heterocycles. The Labute approximate surface area is 87.0 Å². The van der Waals surface area contributed by atoms with Gasteiger partial charge in [0.1, 0.15) is 0 Å². The monoisotopic (exact) mass is 186 g/mol. The molecule has 1 aromatic carbocycles. The van der Waals surface area contributed by atoms with Crippen LogP contribution >= 0.6 is 0 Å². The zero-order valence-electron chi connectivity index (χ0n) is 9.03. The third kappa shape index (κ3) is 4.08. The van der Waals surface area contributed by atoms with Gasteiger partial charge in [-0.05, 0) is 18.9 Å². The molecule has 0 atom stereocenters. The molecule has 74 valence electrons. The van der Waals surface area contributed by atoms with Gasteiger partial charge in [-0.2, -0.15) is 0 Å². The number of hydrogen-bond donors (Lipinski definition) is 0. The lowest BCUT2D eigenvalue weighted by Crippen LogP contribution is -1.72. The van der Waals surface area contributed by atoms with Gasteiger partial charge in [0.15, 0.2) is 0 Å². The molecule has 0 amide bonds. The van der Waals surface area contributed by atoms with Crippen molar-refractivity contribution in [3.63, 3.8) is 0 Å². The van der Waals surface area contributed by atoms with E-state index in [9.17, 15) is 0 Å². The van der Waals surface area contributed by atoms with Gasteiger partial charge in [-0.1, -0.05) is 67.5 Å². The van der Waals surface area contributed by atoms with E-state index in [1.54, 1.807) is 0 Å². The minimum absolute atomic E-state index is 1.17. The van der Waals surface area contributed by atoms with Crippen molar-refractivity contribution in [2.24, 2.45) is 0 Å². The first kappa shape index (κ1) is 10.8. The third-order valence-corrected chi connectivity index (χ3v) is 2.09. The summed E-state index contributed by atoms with van der Waals surface area (Å²) in [4.78, 5) is 0. The molecule has 0 spiro atoms. The van der Waals surface area contributed by atoms with Crippen LogP contribution < -0.4 is 0 Å². The van der Waals surface area contributed by atoms with Crippen LogP contribution in [0.4, 0.5) is 0 Å². The molecule has 0 nitrogen and oxygen atoms in total. The lowest BCUT2D eigenvalue weighted by Gasteiger charge is -1.93. The Morgan fingerprint density at radius 2 is 1.93 bits per heavy atom. The second-order valence-electron chi connectivity index (χ2n) is 3.48. The van der Waals surface area contributed by atoms with Crippen LogP contribution in [0.15, 0.2) is 48.1 Å². The zero-order chi connectivity index (χ0) is 10.2. The predicted molar refractivity (Wildman–Crippen MR) is 64.1 cm³/mol. The van der Waals surface area contributed by atoms with Gasteiger partial charge in [-0.15, -0.1) is 0 Å². The molecule has 0 aromatic heterocycles. The van der Waals surface area contributed by atoms with E-state index in [4.69, 9.17) is 0 Å². The minimum Gasteiger partial charge on any atom is -0.0816 e. The van der Waals surface area contributed by atoms with Gasteiger partial charge >= 0.3 is 0 Å². The summed E-state index contributed by atoms with van der Waals surface area (Å²) in [5.74, 6) is 0. The SMILES string of the molecule is CCC/C=C(C)/C=C/c1ccccc1. The highest BCUT2D eigenvalue weighted by molar-refractivity contribution is 5.52. The fourth-order valence-electron chi connectivity index (χ4n) is 1.23. The summed E-state index contributed by atoms with van der Waals surface area (Å²) in [5.41, 5.74) is 2.60. The summed E-state index contributed by atoms with van der Waals surface area (Å²) in [6.45, 7) is 4.35. The Kier molecular flexibility index (Phi) is 4.77. The molecule has 0 N–H and O–H groups in total. The van der Waals surface area contributed by atoms with Crippen LogP contribution in [-0.4, -0.2) is 0 Å². The van der Waals surface area contributed by atoms with E-state index < -0.39 is 0 Å². The van der Waals surface area contributed by atoms with E-state index in [1.165, 1.54) is 24.0 Å². The molecular formula is C14H18. The van der Waals surface area contributed by atoms with E-state index in [0.717, 1.165) is 0 Å². The molecule has 0 aliphatic heterocycles. The van der Waals surface area contributed by atoms with E-state index in [-0.39, 0.29) is 0 Å². The van der Waals surface area contributed by atoms with Crippen molar-refractivity contribution in [2.45, 2.75) is 26.7 Å². The second kappa shape index (κ2) is 6.20. The summed E-state index contributed by atoms with van der Waals surface area (Å²) < 4.78 is 0. The highest BCUT2D eigenvalue weighted by Crippen LogP contribution is 2.05. The summed E-state index contributed by atoms with van der Waals surface area (Å²) in [6.07, 6.45) is 8.99. The fourth-order valence-corrected chi connectivity index (χ4v) is 1.23. The Morgan fingerprint density at radius 1 is 1.21 bits per heavy atom. The van der Waals surface area contributed by atoms with Crippen molar-refractivity contribution >= 4 is 6.08 Å². The summed E-state index contributed by atoms with van der Waals surface area (Å²) in [7, 11) is 0. The second-order valence-corrected chi connectivity index (χ2v) is 3.48. The molecule has 0 fully saturated rings. The normalized spacial score (nSPS) is 12.3. The molecular weight excluding hydrogens is 168 g/mol. The molecule has 14 heavy (non-hydrogen) atoms.